The van der Waals surface area contributed by atoms with Crippen LogP contribution in [0.2, 0.25) is 0 Å². The number of rotatable bonds is 4. The average molecular weight is 235 g/mol. The van der Waals surface area contributed by atoms with Gasteiger partial charge in [-0.15, -0.1) is 10.2 Å². The predicted molar refractivity (Wildman–Crippen MR) is 61.8 cm³/mol. The smallest absolute Gasteiger partial charge is 0.247 e. The molecule has 0 aliphatic carbocycles. The Bertz CT molecular complexity index is 481. The van der Waals surface area contributed by atoms with Gasteiger partial charge in [-0.2, -0.15) is 0 Å². The van der Waals surface area contributed by atoms with Gasteiger partial charge in [-0.25, -0.2) is 4.39 Å². The van der Waals surface area contributed by atoms with Crippen LogP contribution < -0.4 is 5.32 Å². The lowest BCUT2D eigenvalue weighted by atomic mass is 10.2. The fraction of sp³-hybridized carbons (Fsp3) is 0.333. The molecule has 0 saturated heterocycles. The number of hydrogen-bond donors (Lipinski definition) is 1. The van der Waals surface area contributed by atoms with Crippen LogP contribution in [0.15, 0.2) is 28.7 Å². The minimum atomic E-state index is -0.283. The minimum Gasteiger partial charge on any atom is -0.419 e. The van der Waals surface area contributed by atoms with Crippen LogP contribution in [0, 0.1) is 5.82 Å². The van der Waals surface area contributed by atoms with Gasteiger partial charge in [0.15, 0.2) is 0 Å². The zero-order chi connectivity index (χ0) is 12.3. The van der Waals surface area contributed by atoms with Crippen LogP contribution in [-0.2, 0) is 0 Å². The molecule has 0 aliphatic heterocycles. The van der Waals surface area contributed by atoms with E-state index in [1.165, 1.54) is 12.1 Å². The van der Waals surface area contributed by atoms with Gasteiger partial charge in [0.05, 0.1) is 6.04 Å². The van der Waals surface area contributed by atoms with Crippen molar-refractivity contribution in [1.29, 1.82) is 0 Å². The van der Waals surface area contributed by atoms with E-state index in [1.54, 1.807) is 12.1 Å². The summed E-state index contributed by atoms with van der Waals surface area (Å²) in [6.07, 6.45) is 0. The lowest BCUT2D eigenvalue weighted by Gasteiger charge is -2.05. The van der Waals surface area contributed by atoms with Crippen LogP contribution in [0.25, 0.3) is 11.5 Å². The largest absolute Gasteiger partial charge is 0.419 e. The van der Waals surface area contributed by atoms with Gasteiger partial charge in [-0.05, 0) is 37.7 Å². The van der Waals surface area contributed by atoms with E-state index in [0.29, 0.717) is 17.3 Å². The molecule has 1 heterocycles. The second kappa shape index (κ2) is 5.05. The summed E-state index contributed by atoms with van der Waals surface area (Å²) in [7, 11) is 0. The van der Waals surface area contributed by atoms with Crippen molar-refractivity contribution in [2.24, 2.45) is 0 Å². The minimum absolute atomic E-state index is 0.0155. The third-order valence-electron chi connectivity index (χ3n) is 2.41. The number of nitrogens with one attached hydrogen (secondary N) is 1. The molecule has 0 spiro atoms. The summed E-state index contributed by atoms with van der Waals surface area (Å²) in [5.74, 6) is 0.658. The Balaban J connectivity index is 2.20. The maximum atomic E-state index is 12.8. The molecule has 5 heteroatoms. The lowest BCUT2D eigenvalue weighted by molar-refractivity contribution is 0.429. The fourth-order valence-electron chi connectivity index (χ4n) is 1.51. The molecule has 1 N–H and O–H groups in total. The normalized spacial score (nSPS) is 12.6. The standard InChI is InChI=1S/C12H14FN3O/c1-3-14-8(2)11-15-16-12(17-11)9-4-6-10(13)7-5-9/h4-8,14H,3H2,1-2H3. The molecule has 4 nitrogen and oxygen atoms in total. The van der Waals surface area contributed by atoms with Crippen molar-refractivity contribution in [3.8, 4) is 11.5 Å². The molecule has 0 bridgehead atoms. The highest BCUT2D eigenvalue weighted by atomic mass is 19.1. The molecule has 2 aromatic rings. The molecule has 0 aliphatic rings. The number of halogens is 1. The zero-order valence-corrected chi connectivity index (χ0v) is 9.77. The summed E-state index contributed by atoms with van der Waals surface area (Å²) < 4.78 is 18.3. The van der Waals surface area contributed by atoms with E-state index >= 15 is 0 Å². The fourth-order valence-corrected chi connectivity index (χ4v) is 1.51. The predicted octanol–water partition coefficient (Wildman–Crippen LogP) is 2.55. The van der Waals surface area contributed by atoms with E-state index in [2.05, 4.69) is 15.5 Å². The van der Waals surface area contributed by atoms with Gasteiger partial charge >= 0.3 is 0 Å². The van der Waals surface area contributed by atoms with Crippen LogP contribution in [0.3, 0.4) is 0 Å². The average Bonchev–Trinajstić information content (AvgIpc) is 2.80. The summed E-state index contributed by atoms with van der Waals surface area (Å²) >= 11 is 0. The Morgan fingerprint density at radius 3 is 2.65 bits per heavy atom. The molecule has 1 atom stereocenters. The first-order chi connectivity index (χ1) is 8.20. The highest BCUT2D eigenvalue weighted by Crippen LogP contribution is 2.20. The van der Waals surface area contributed by atoms with E-state index in [1.807, 2.05) is 13.8 Å². The first kappa shape index (κ1) is 11.7. The Labute approximate surface area is 98.9 Å². The molecule has 17 heavy (non-hydrogen) atoms. The first-order valence-electron chi connectivity index (χ1n) is 5.53. The maximum absolute atomic E-state index is 12.8. The van der Waals surface area contributed by atoms with Gasteiger partial charge in [0.1, 0.15) is 5.82 Å². The lowest BCUT2D eigenvalue weighted by Crippen LogP contribution is -2.17. The van der Waals surface area contributed by atoms with E-state index in [0.717, 1.165) is 6.54 Å². The van der Waals surface area contributed by atoms with Crippen molar-refractivity contribution in [1.82, 2.24) is 15.5 Å². The van der Waals surface area contributed by atoms with E-state index in [4.69, 9.17) is 4.42 Å². The summed E-state index contributed by atoms with van der Waals surface area (Å²) in [6, 6.07) is 5.98. The third-order valence-corrected chi connectivity index (χ3v) is 2.41. The summed E-state index contributed by atoms with van der Waals surface area (Å²) in [6.45, 7) is 4.79. The summed E-state index contributed by atoms with van der Waals surface area (Å²) in [5.41, 5.74) is 0.717. The highest BCUT2D eigenvalue weighted by Gasteiger charge is 2.13. The monoisotopic (exact) mass is 235 g/mol. The van der Waals surface area contributed by atoms with Crippen molar-refractivity contribution in [2.75, 3.05) is 6.54 Å². The van der Waals surface area contributed by atoms with E-state index in [9.17, 15) is 4.39 Å². The number of aromatic nitrogens is 2. The van der Waals surface area contributed by atoms with Crippen LogP contribution in [0.5, 0.6) is 0 Å². The second-order valence-corrected chi connectivity index (χ2v) is 3.73. The highest BCUT2D eigenvalue weighted by molar-refractivity contribution is 5.51. The van der Waals surface area contributed by atoms with Gasteiger partial charge in [0.2, 0.25) is 11.8 Å². The SMILES string of the molecule is CCNC(C)c1nnc(-c2ccc(F)cc2)o1. The maximum Gasteiger partial charge on any atom is 0.247 e. The molecule has 0 saturated carbocycles. The van der Waals surface area contributed by atoms with Gasteiger partial charge in [0.25, 0.3) is 0 Å². The molecule has 0 amide bonds. The van der Waals surface area contributed by atoms with Crippen molar-refractivity contribution < 1.29 is 8.81 Å². The third kappa shape index (κ3) is 2.68. The molecule has 0 radical (unpaired) electrons. The van der Waals surface area contributed by atoms with Crippen LogP contribution in [0.1, 0.15) is 25.8 Å². The Hall–Kier alpha value is -1.75. The molecular weight excluding hydrogens is 221 g/mol. The van der Waals surface area contributed by atoms with Gasteiger partial charge in [-0.1, -0.05) is 6.92 Å². The van der Waals surface area contributed by atoms with Gasteiger partial charge in [-0.3, -0.25) is 0 Å². The Morgan fingerprint density at radius 2 is 2.00 bits per heavy atom. The molecule has 90 valence electrons. The first-order valence-corrected chi connectivity index (χ1v) is 5.53. The van der Waals surface area contributed by atoms with Crippen molar-refractivity contribution >= 4 is 0 Å². The second-order valence-electron chi connectivity index (χ2n) is 3.73. The molecule has 1 aromatic carbocycles. The van der Waals surface area contributed by atoms with Crippen LogP contribution >= 0.6 is 0 Å². The Morgan fingerprint density at radius 1 is 1.29 bits per heavy atom. The summed E-state index contributed by atoms with van der Waals surface area (Å²) in [5, 5.41) is 11.1. The van der Waals surface area contributed by atoms with E-state index < -0.39 is 0 Å². The van der Waals surface area contributed by atoms with Gasteiger partial charge in [0, 0.05) is 5.56 Å². The molecule has 0 fully saturated rings. The molecule has 2 rings (SSSR count). The zero-order valence-electron chi connectivity index (χ0n) is 9.77. The number of nitrogens with zero attached hydrogens (tertiary/aromatic N) is 2. The molecular formula is C12H14FN3O. The number of benzene rings is 1. The van der Waals surface area contributed by atoms with Crippen LogP contribution in [0.4, 0.5) is 4.39 Å². The number of hydrogen-bond acceptors (Lipinski definition) is 4. The summed E-state index contributed by atoms with van der Waals surface area (Å²) in [4.78, 5) is 0. The quantitative estimate of drug-likeness (QED) is 0.884. The van der Waals surface area contributed by atoms with E-state index in [-0.39, 0.29) is 11.9 Å². The van der Waals surface area contributed by atoms with Crippen molar-refractivity contribution in [3.05, 3.63) is 36.0 Å². The van der Waals surface area contributed by atoms with Gasteiger partial charge < -0.3 is 9.73 Å². The van der Waals surface area contributed by atoms with Crippen LogP contribution in [-0.4, -0.2) is 16.7 Å². The Kier molecular flexibility index (Phi) is 3.49. The molecule has 1 unspecified atom stereocenters. The van der Waals surface area contributed by atoms with Crippen molar-refractivity contribution in [2.45, 2.75) is 19.9 Å². The topological polar surface area (TPSA) is 51.0 Å². The molecule has 1 aromatic heterocycles. The van der Waals surface area contributed by atoms with Crippen molar-refractivity contribution in [3.63, 3.8) is 0 Å².